The Morgan fingerprint density at radius 2 is 2.33 bits per heavy atom. The van der Waals surface area contributed by atoms with E-state index in [4.69, 9.17) is 0 Å². The number of carbonyl (C=O) groups excluding carboxylic acids is 1. The van der Waals surface area contributed by atoms with Gasteiger partial charge in [0.1, 0.15) is 0 Å². The lowest BCUT2D eigenvalue weighted by molar-refractivity contribution is -0.189. The Morgan fingerprint density at radius 3 is 2.58 bits per heavy atom. The van der Waals surface area contributed by atoms with Crippen molar-refractivity contribution in [1.29, 1.82) is 0 Å². The first-order valence-electron chi connectivity index (χ1n) is 3.04. The molecule has 1 aliphatic rings. The zero-order valence-corrected chi connectivity index (χ0v) is 6.49. The number of likely N-dealkylation sites (N-methyl/N-ethyl adjacent to an activating group) is 1. The van der Waals surface area contributed by atoms with Gasteiger partial charge in [-0.25, -0.2) is 0 Å². The van der Waals surface area contributed by atoms with Crippen molar-refractivity contribution < 1.29 is 18.4 Å². The number of aldehydes is 1. The first kappa shape index (κ1) is 8.69. The van der Waals surface area contributed by atoms with Crippen molar-refractivity contribution >= 4 is 12.3 Å². The summed E-state index contributed by atoms with van der Waals surface area (Å²) in [7, 11) is 2.34. The van der Waals surface area contributed by atoms with Gasteiger partial charge in [-0.3, -0.25) is 9.69 Å². The summed E-state index contributed by atoms with van der Waals surface area (Å²) in [6.45, 7) is 0. The van der Waals surface area contributed by atoms with E-state index in [0.717, 1.165) is 7.05 Å². The minimum atomic E-state index is -2.88. The largest absolute Gasteiger partial charge is 0.467 e. The lowest BCUT2D eigenvalue weighted by atomic mass is 10.5. The number of hydrogen-bond acceptors (Lipinski definition) is 5. The van der Waals surface area contributed by atoms with Crippen LogP contribution in [0.15, 0.2) is 5.10 Å². The Kier molecular flexibility index (Phi) is 1.87. The van der Waals surface area contributed by atoms with Crippen LogP contribution in [0.5, 0.6) is 0 Å². The molecule has 0 bridgehead atoms. The van der Waals surface area contributed by atoms with Gasteiger partial charge in [0, 0.05) is 7.05 Å². The number of methoxy groups -OCH3 is 1. The van der Waals surface area contributed by atoms with Gasteiger partial charge in [-0.1, -0.05) is 14.8 Å². The number of hydrazone groups is 1. The smallest absolute Gasteiger partial charge is 0.363 e. The second-order valence-electron chi connectivity index (χ2n) is 2.16. The van der Waals surface area contributed by atoms with Crippen molar-refractivity contribution in [2.75, 3.05) is 14.2 Å². The van der Waals surface area contributed by atoms with Crippen molar-refractivity contribution in [3.63, 3.8) is 0 Å². The normalized spacial score (nSPS) is 28.8. The van der Waals surface area contributed by atoms with Crippen LogP contribution in [0, 0.1) is 0 Å². The number of nitrogens with zero attached hydrogens (tertiary/aromatic N) is 3. The molecule has 1 aliphatic heterocycles. The fourth-order valence-corrected chi connectivity index (χ4v) is 0.771. The summed E-state index contributed by atoms with van der Waals surface area (Å²) in [5.74, 6) is -2.88. The average Bonchev–Trinajstić information content (AvgIpc) is 2.30. The highest BCUT2D eigenvalue weighted by Gasteiger charge is 2.50. The molecule has 0 saturated heterocycles. The summed E-state index contributed by atoms with van der Waals surface area (Å²) < 4.78 is 30.2. The van der Waals surface area contributed by atoms with Gasteiger partial charge in [-0.15, -0.1) is 0 Å². The average molecular weight is 179 g/mol. The predicted molar refractivity (Wildman–Crippen MR) is 35.1 cm³/mol. The van der Waals surface area contributed by atoms with Crippen molar-refractivity contribution in [2.45, 2.75) is 5.92 Å². The van der Waals surface area contributed by atoms with Gasteiger partial charge < -0.3 is 4.74 Å². The van der Waals surface area contributed by atoms with Crippen molar-refractivity contribution in [3.8, 4) is 0 Å². The standard InChI is InChI=1S/C5H7F2N3O2/c1-9-4(12-2)8-10(7)5(9,6)3-11/h3H,1-2H3. The summed E-state index contributed by atoms with van der Waals surface area (Å²) in [4.78, 5) is 10.8. The van der Waals surface area contributed by atoms with E-state index in [-0.39, 0.29) is 12.3 Å². The number of alkyl halides is 1. The summed E-state index contributed by atoms with van der Waals surface area (Å²) in [5, 5.41) is 2.39. The molecule has 0 amide bonds. The molecule has 0 aliphatic carbocycles. The van der Waals surface area contributed by atoms with Gasteiger partial charge in [0.2, 0.25) is 6.29 Å². The first-order valence-corrected chi connectivity index (χ1v) is 3.04. The van der Waals surface area contributed by atoms with E-state index in [9.17, 15) is 13.7 Å². The summed E-state index contributed by atoms with van der Waals surface area (Å²) >= 11 is 0. The fourth-order valence-electron chi connectivity index (χ4n) is 0.771. The van der Waals surface area contributed by atoms with E-state index in [1.807, 2.05) is 0 Å². The van der Waals surface area contributed by atoms with E-state index in [0.29, 0.717) is 4.90 Å². The number of carbonyl (C=O) groups is 1. The van der Waals surface area contributed by atoms with E-state index >= 15 is 0 Å². The quantitative estimate of drug-likeness (QED) is 0.319. The van der Waals surface area contributed by atoms with E-state index in [1.165, 1.54) is 7.11 Å². The second-order valence-corrected chi connectivity index (χ2v) is 2.16. The highest BCUT2D eigenvalue weighted by molar-refractivity contribution is 5.80. The second kappa shape index (κ2) is 2.58. The minimum absolute atomic E-state index is 0.206. The molecule has 5 nitrogen and oxygen atoms in total. The van der Waals surface area contributed by atoms with Gasteiger partial charge in [-0.05, 0) is 0 Å². The minimum Gasteiger partial charge on any atom is -0.467 e. The molecule has 0 aromatic rings. The number of ether oxygens (including phenoxy) is 1. The summed E-state index contributed by atoms with van der Waals surface area (Å²) in [6.07, 6.45) is -0.206. The highest BCUT2D eigenvalue weighted by Crippen LogP contribution is 2.26. The van der Waals surface area contributed by atoms with Crippen LogP contribution >= 0.6 is 0 Å². The Bertz CT molecular complexity index is 235. The first-order chi connectivity index (χ1) is 5.56. The van der Waals surface area contributed by atoms with Gasteiger partial charge in [0.15, 0.2) is 0 Å². The third kappa shape index (κ3) is 0.892. The molecule has 0 aromatic heterocycles. The van der Waals surface area contributed by atoms with Crippen LogP contribution in [0.3, 0.4) is 0 Å². The Morgan fingerprint density at radius 1 is 1.75 bits per heavy atom. The lowest BCUT2D eigenvalue weighted by Gasteiger charge is -2.23. The van der Waals surface area contributed by atoms with Crippen molar-refractivity contribution in [3.05, 3.63) is 0 Å². The lowest BCUT2D eigenvalue weighted by Crippen LogP contribution is -2.49. The molecule has 0 aromatic carbocycles. The molecule has 1 unspecified atom stereocenters. The molecule has 1 atom stereocenters. The van der Waals surface area contributed by atoms with Crippen LogP contribution in [0.25, 0.3) is 0 Å². The highest BCUT2D eigenvalue weighted by atomic mass is 19.2. The molecule has 7 heteroatoms. The zero-order valence-electron chi connectivity index (χ0n) is 6.49. The maximum absolute atomic E-state index is 13.2. The van der Waals surface area contributed by atoms with Crippen LogP contribution < -0.4 is 0 Å². The molecule has 0 saturated carbocycles. The van der Waals surface area contributed by atoms with Crippen LogP contribution in [0.2, 0.25) is 0 Å². The van der Waals surface area contributed by atoms with Crippen molar-refractivity contribution in [2.24, 2.45) is 5.10 Å². The molecular formula is C5H7F2N3O2. The number of rotatable bonds is 1. The molecule has 68 valence electrons. The predicted octanol–water partition coefficient (Wildman–Crippen LogP) is -0.142. The molecule has 0 fully saturated rings. The van der Waals surface area contributed by atoms with Crippen LogP contribution in [0.1, 0.15) is 0 Å². The van der Waals surface area contributed by atoms with Crippen LogP contribution in [-0.4, -0.2) is 42.5 Å². The molecular weight excluding hydrogens is 172 g/mol. The van der Waals surface area contributed by atoms with E-state index < -0.39 is 11.1 Å². The molecule has 12 heavy (non-hydrogen) atoms. The molecule has 0 spiro atoms. The summed E-state index contributed by atoms with van der Waals surface area (Å²) in [6, 6.07) is -0.299. The monoisotopic (exact) mass is 179 g/mol. The topological polar surface area (TPSA) is 45.1 Å². The Balaban J connectivity index is 2.93. The zero-order chi connectivity index (χ0) is 9.35. The van der Waals surface area contributed by atoms with Gasteiger partial charge >= 0.3 is 11.9 Å². The number of hydrogen-bond donors (Lipinski definition) is 0. The van der Waals surface area contributed by atoms with Crippen LogP contribution in [-0.2, 0) is 9.53 Å². The maximum Gasteiger partial charge on any atom is 0.363 e. The molecule has 0 N–H and O–H groups in total. The SMILES string of the molecule is COC1=NN(F)C(F)(C=O)N1C. The number of halogens is 2. The van der Waals surface area contributed by atoms with E-state index in [1.54, 1.807) is 0 Å². The van der Waals surface area contributed by atoms with E-state index in [2.05, 4.69) is 9.84 Å². The van der Waals surface area contributed by atoms with Gasteiger partial charge in [-0.2, -0.15) is 4.39 Å². The van der Waals surface area contributed by atoms with Crippen LogP contribution in [0.4, 0.5) is 8.87 Å². The van der Waals surface area contributed by atoms with Gasteiger partial charge in [0.05, 0.1) is 7.11 Å². The third-order valence-electron chi connectivity index (χ3n) is 1.52. The molecule has 1 heterocycles. The van der Waals surface area contributed by atoms with Gasteiger partial charge in [0.25, 0.3) is 0 Å². The Hall–Kier alpha value is -1.40. The summed E-state index contributed by atoms with van der Waals surface area (Å²) in [5.41, 5.74) is 0. The molecule has 0 radical (unpaired) electrons. The Labute approximate surface area is 67.1 Å². The molecule has 1 rings (SSSR count). The van der Waals surface area contributed by atoms with Crippen molar-refractivity contribution in [1.82, 2.24) is 10.1 Å². The number of amidine groups is 1. The third-order valence-corrected chi connectivity index (χ3v) is 1.52. The maximum atomic E-state index is 13.2. The fraction of sp³-hybridized carbons (Fsp3) is 0.600.